The SMILES string of the molecule is C=BONI. The number of halogens is 1. The first-order valence-corrected chi connectivity index (χ1v) is 2.12. The molecule has 28 valence electrons. The summed E-state index contributed by atoms with van der Waals surface area (Å²) in [6.45, 7) is 3.26. The van der Waals surface area contributed by atoms with Gasteiger partial charge in [-0.1, -0.05) is 0 Å². The molecule has 0 aliphatic heterocycles. The van der Waals surface area contributed by atoms with Gasteiger partial charge in [0.25, 0.3) is 0 Å². The van der Waals surface area contributed by atoms with Crippen molar-refractivity contribution in [2.45, 2.75) is 0 Å². The quantitative estimate of drug-likeness (QED) is 0.279. The Morgan fingerprint density at radius 3 is 2.60 bits per heavy atom. The molecule has 0 saturated carbocycles. The maximum absolute atomic E-state index is 4.33. The Kier molecular flexibility index (Phi) is 4.80. The van der Waals surface area contributed by atoms with E-state index in [2.05, 4.69) is 14.9 Å². The number of hydrogen-bond donors (Lipinski definition) is 1. The normalized spacial score (nSPS) is 5.80. The van der Waals surface area contributed by atoms with Gasteiger partial charge in [0, 0.05) is 0 Å². The Balaban J connectivity index is 2.40. The zero-order chi connectivity index (χ0) is 4.12. The number of hydrogen-bond acceptors (Lipinski definition) is 2. The Morgan fingerprint density at radius 1 is 2.00 bits per heavy atom. The summed E-state index contributed by atoms with van der Waals surface area (Å²) in [4.78, 5) is 0. The molecule has 0 aliphatic rings. The summed E-state index contributed by atoms with van der Waals surface area (Å²) in [6.07, 6.45) is 0. The first kappa shape index (κ1) is 5.42. The molecule has 0 fully saturated rings. The molecule has 0 aromatic carbocycles. The van der Waals surface area contributed by atoms with Gasteiger partial charge in [-0.3, -0.25) is 0 Å². The molecule has 0 bridgehead atoms. The van der Waals surface area contributed by atoms with Crippen LogP contribution in [0.25, 0.3) is 0 Å². The van der Waals surface area contributed by atoms with E-state index in [0.29, 0.717) is 0 Å². The van der Waals surface area contributed by atoms with Crippen LogP contribution in [0.1, 0.15) is 0 Å². The van der Waals surface area contributed by atoms with Crippen LogP contribution in [-0.4, -0.2) is 13.6 Å². The van der Waals surface area contributed by atoms with Gasteiger partial charge in [-0.25, -0.2) is 0 Å². The monoisotopic (exact) mass is 183 g/mol. The van der Waals surface area contributed by atoms with E-state index in [-0.39, 0.29) is 0 Å². The van der Waals surface area contributed by atoms with Gasteiger partial charge in [0.15, 0.2) is 0 Å². The summed E-state index contributed by atoms with van der Waals surface area (Å²) < 4.78 is 6.70. The van der Waals surface area contributed by atoms with Crippen LogP contribution in [0.4, 0.5) is 0 Å². The van der Waals surface area contributed by atoms with Crippen LogP contribution in [0.15, 0.2) is 0 Å². The zero-order valence-corrected chi connectivity index (χ0v) is 4.73. The Morgan fingerprint density at radius 2 is 2.60 bits per heavy atom. The molecular formula is CH3BINO. The second-order valence-electron chi connectivity index (χ2n) is 0.362. The van der Waals surface area contributed by atoms with E-state index < -0.39 is 0 Å². The molecule has 0 rings (SSSR count). The van der Waals surface area contributed by atoms with Crippen LogP contribution < -0.4 is 3.69 Å². The number of nitrogens with one attached hydrogen (secondary N) is 1. The second-order valence-corrected chi connectivity index (χ2v) is 0.802. The molecule has 5 heavy (non-hydrogen) atoms. The summed E-state index contributed by atoms with van der Waals surface area (Å²) in [5, 5.41) is 0. The fourth-order valence-corrected chi connectivity index (χ4v) is 0.211. The van der Waals surface area contributed by atoms with Gasteiger partial charge in [-0.05, 0) is 0 Å². The summed E-state index contributed by atoms with van der Waals surface area (Å²) in [6, 6.07) is 0. The Hall–Kier alpha value is 0.425. The topological polar surface area (TPSA) is 21.3 Å². The standard InChI is InChI=1S/CH3BINO/c1-2-5-4-3/h4H,1H2. The van der Waals surface area contributed by atoms with Crippen molar-refractivity contribution < 1.29 is 4.76 Å². The molecule has 0 heterocycles. The van der Waals surface area contributed by atoms with Crippen molar-refractivity contribution in [2.24, 2.45) is 0 Å². The maximum atomic E-state index is 4.33. The van der Waals surface area contributed by atoms with E-state index in [1.54, 1.807) is 0 Å². The van der Waals surface area contributed by atoms with E-state index in [1.165, 1.54) is 7.12 Å². The summed E-state index contributed by atoms with van der Waals surface area (Å²) in [5.41, 5.74) is 0. The van der Waals surface area contributed by atoms with Gasteiger partial charge in [0.2, 0.25) is 0 Å². The average Bonchev–Trinajstić information content (AvgIpc) is 1.41. The third-order valence-corrected chi connectivity index (χ3v) is 0.382. The van der Waals surface area contributed by atoms with E-state index in [1.807, 2.05) is 22.9 Å². The molecule has 0 radical (unpaired) electrons. The molecule has 0 saturated heterocycles. The third kappa shape index (κ3) is 4.42. The molecule has 1 N–H and O–H groups in total. The van der Waals surface area contributed by atoms with Gasteiger partial charge in [-0.15, -0.1) is 0 Å². The number of rotatable bonds is 2. The van der Waals surface area contributed by atoms with E-state index >= 15 is 0 Å². The summed E-state index contributed by atoms with van der Waals surface area (Å²) in [7, 11) is 1.31. The molecule has 0 spiro atoms. The molecular weight excluding hydrogens is 180 g/mol. The van der Waals surface area contributed by atoms with Crippen molar-refractivity contribution in [1.29, 1.82) is 0 Å². The fourth-order valence-electron chi connectivity index (χ4n) is 0.0315. The molecule has 0 aliphatic carbocycles. The summed E-state index contributed by atoms with van der Waals surface area (Å²) >= 11 is 1.84. The van der Waals surface area contributed by atoms with Gasteiger partial charge >= 0.3 is 44.9 Å². The molecule has 0 aromatic rings. The van der Waals surface area contributed by atoms with E-state index in [4.69, 9.17) is 0 Å². The first-order chi connectivity index (χ1) is 2.41. The van der Waals surface area contributed by atoms with Crippen LogP contribution in [-0.2, 0) is 4.76 Å². The second kappa shape index (κ2) is 4.42. The van der Waals surface area contributed by atoms with E-state index in [0.717, 1.165) is 0 Å². The fraction of sp³-hybridized carbons (Fsp3) is 0. The summed E-state index contributed by atoms with van der Waals surface area (Å²) in [5.74, 6) is 0. The minimum atomic E-state index is 1.31. The van der Waals surface area contributed by atoms with Crippen LogP contribution in [0.2, 0.25) is 0 Å². The third-order valence-electron chi connectivity index (χ3n) is 0.128. The first-order valence-electron chi connectivity index (χ1n) is 1.04. The van der Waals surface area contributed by atoms with Crippen LogP contribution in [0.5, 0.6) is 0 Å². The Bertz CT molecular complexity index is 32.8. The van der Waals surface area contributed by atoms with Crippen molar-refractivity contribution in [3.8, 4) is 0 Å². The molecule has 0 aromatic heterocycles. The van der Waals surface area contributed by atoms with E-state index in [9.17, 15) is 0 Å². The van der Waals surface area contributed by atoms with Crippen molar-refractivity contribution in [3.05, 3.63) is 0 Å². The Labute approximate surface area is 45.3 Å². The molecule has 0 unspecified atom stereocenters. The predicted octanol–water partition coefficient (Wildman–Crippen LogP) is -0.0912. The van der Waals surface area contributed by atoms with Crippen LogP contribution in [0.3, 0.4) is 0 Å². The predicted molar refractivity (Wildman–Crippen MR) is 31.1 cm³/mol. The van der Waals surface area contributed by atoms with Gasteiger partial charge in [0.1, 0.15) is 0 Å². The van der Waals surface area contributed by atoms with Crippen molar-refractivity contribution in [1.82, 2.24) is 3.69 Å². The molecule has 2 nitrogen and oxygen atoms in total. The molecule has 0 atom stereocenters. The molecule has 4 heteroatoms. The minimum absolute atomic E-state index is 1.31. The van der Waals surface area contributed by atoms with Crippen LogP contribution in [0, 0.1) is 0 Å². The zero-order valence-electron chi connectivity index (χ0n) is 2.57. The van der Waals surface area contributed by atoms with Gasteiger partial charge in [-0.2, -0.15) is 0 Å². The van der Waals surface area contributed by atoms with Gasteiger partial charge in [0.05, 0.1) is 0 Å². The van der Waals surface area contributed by atoms with Gasteiger partial charge < -0.3 is 0 Å². The molecule has 0 amide bonds. The average molecular weight is 183 g/mol. The van der Waals surface area contributed by atoms with Crippen molar-refractivity contribution >= 4 is 36.5 Å². The van der Waals surface area contributed by atoms with Crippen molar-refractivity contribution in [2.75, 3.05) is 0 Å². The van der Waals surface area contributed by atoms with Crippen LogP contribution >= 0.6 is 22.9 Å². The van der Waals surface area contributed by atoms with Crippen molar-refractivity contribution in [3.63, 3.8) is 0 Å².